The number of ether oxygens (including phenoxy) is 1. The van der Waals surface area contributed by atoms with E-state index in [0.717, 1.165) is 37.6 Å². The van der Waals surface area contributed by atoms with Crippen LogP contribution in [0.2, 0.25) is 0 Å². The van der Waals surface area contributed by atoms with Crippen molar-refractivity contribution in [2.45, 2.75) is 19.4 Å². The van der Waals surface area contributed by atoms with Crippen LogP contribution in [0.4, 0.5) is 5.82 Å². The molecule has 0 bridgehead atoms. The summed E-state index contributed by atoms with van der Waals surface area (Å²) in [7, 11) is 0. The second-order valence-electron chi connectivity index (χ2n) is 6.75. The number of piperidine rings is 1. The standard InChI is InChI=1S/C18H22N4O3/c1-12-4-5-17(21-20-12)22-7-6-14-13(10-22)11-25-16(14)9-19-18(23)15-3-2-8-24-15/h2-5,8,13-14,16H,6-7,9-11H2,1H3,(H,19,23)/t13-,14-,16+/m1/s1. The minimum atomic E-state index is -0.190. The Morgan fingerprint density at radius 2 is 2.28 bits per heavy atom. The Bertz CT molecular complexity index is 716. The fourth-order valence-corrected chi connectivity index (χ4v) is 3.75. The SMILES string of the molecule is Cc1ccc(N2CC[C@@H]3[C@@H](CO[C@H]3CNC(=O)c3ccco3)C2)nn1. The number of rotatable bonds is 4. The van der Waals surface area contributed by atoms with Gasteiger partial charge < -0.3 is 19.4 Å². The first-order valence-electron chi connectivity index (χ1n) is 8.69. The van der Waals surface area contributed by atoms with Crippen molar-refractivity contribution in [3.63, 3.8) is 0 Å². The van der Waals surface area contributed by atoms with E-state index in [1.165, 1.54) is 6.26 Å². The normalized spacial score (nSPS) is 25.6. The van der Waals surface area contributed by atoms with E-state index in [9.17, 15) is 4.79 Å². The summed E-state index contributed by atoms with van der Waals surface area (Å²) in [4.78, 5) is 14.3. The quantitative estimate of drug-likeness (QED) is 0.910. The summed E-state index contributed by atoms with van der Waals surface area (Å²) >= 11 is 0. The number of aromatic nitrogens is 2. The number of nitrogens with zero attached hydrogens (tertiary/aromatic N) is 3. The lowest BCUT2D eigenvalue weighted by Gasteiger charge is -2.36. The molecule has 7 nitrogen and oxygen atoms in total. The fourth-order valence-electron chi connectivity index (χ4n) is 3.75. The average molecular weight is 342 g/mol. The molecular weight excluding hydrogens is 320 g/mol. The maximum Gasteiger partial charge on any atom is 0.287 e. The molecule has 1 N–H and O–H groups in total. The number of hydrogen-bond donors (Lipinski definition) is 1. The van der Waals surface area contributed by atoms with E-state index in [0.29, 0.717) is 24.1 Å². The van der Waals surface area contributed by atoms with Crippen LogP contribution in [0.1, 0.15) is 22.7 Å². The molecule has 7 heteroatoms. The Labute approximate surface area is 146 Å². The monoisotopic (exact) mass is 342 g/mol. The van der Waals surface area contributed by atoms with Crippen molar-refractivity contribution in [3.8, 4) is 0 Å². The Kier molecular flexibility index (Phi) is 4.40. The van der Waals surface area contributed by atoms with Crippen LogP contribution in [0.3, 0.4) is 0 Å². The van der Waals surface area contributed by atoms with Crippen LogP contribution in [0.25, 0.3) is 0 Å². The third-order valence-electron chi connectivity index (χ3n) is 5.11. The van der Waals surface area contributed by atoms with Crippen LogP contribution in [-0.2, 0) is 4.74 Å². The lowest BCUT2D eigenvalue weighted by molar-refractivity contribution is 0.0753. The number of fused-ring (bicyclic) bond motifs is 1. The number of nitrogens with one attached hydrogen (secondary N) is 1. The molecule has 0 radical (unpaired) electrons. The highest BCUT2D eigenvalue weighted by Gasteiger charge is 2.41. The topological polar surface area (TPSA) is 80.5 Å². The Balaban J connectivity index is 1.33. The van der Waals surface area contributed by atoms with Gasteiger partial charge in [-0.05, 0) is 43.5 Å². The van der Waals surface area contributed by atoms with E-state index in [2.05, 4.69) is 20.4 Å². The molecule has 2 aromatic heterocycles. The van der Waals surface area contributed by atoms with E-state index in [1.807, 2.05) is 19.1 Å². The van der Waals surface area contributed by atoms with Gasteiger partial charge in [-0.2, -0.15) is 5.10 Å². The second kappa shape index (κ2) is 6.84. The lowest BCUT2D eigenvalue weighted by atomic mass is 9.84. The molecule has 2 aliphatic heterocycles. The molecule has 0 unspecified atom stereocenters. The van der Waals surface area contributed by atoms with E-state index >= 15 is 0 Å². The number of hydrogen-bond acceptors (Lipinski definition) is 6. The predicted octanol–water partition coefficient (Wildman–Crippen LogP) is 1.65. The van der Waals surface area contributed by atoms with Gasteiger partial charge in [0.1, 0.15) is 0 Å². The number of aryl methyl sites for hydroxylation is 1. The molecule has 4 heterocycles. The third-order valence-corrected chi connectivity index (χ3v) is 5.11. The van der Waals surface area contributed by atoms with Crippen molar-refractivity contribution < 1.29 is 13.9 Å². The van der Waals surface area contributed by atoms with E-state index < -0.39 is 0 Å². The molecule has 2 fully saturated rings. The van der Waals surface area contributed by atoms with Crippen LogP contribution in [0, 0.1) is 18.8 Å². The molecule has 0 aliphatic carbocycles. The highest BCUT2D eigenvalue weighted by Crippen LogP contribution is 2.35. The van der Waals surface area contributed by atoms with Crippen LogP contribution >= 0.6 is 0 Å². The van der Waals surface area contributed by atoms with Crippen molar-refractivity contribution in [1.82, 2.24) is 15.5 Å². The smallest absolute Gasteiger partial charge is 0.287 e. The maximum absolute atomic E-state index is 12.0. The minimum Gasteiger partial charge on any atom is -0.459 e. The zero-order valence-corrected chi connectivity index (χ0v) is 14.2. The highest BCUT2D eigenvalue weighted by atomic mass is 16.5. The maximum atomic E-state index is 12.0. The van der Waals surface area contributed by atoms with Crippen molar-refractivity contribution in [2.24, 2.45) is 11.8 Å². The van der Waals surface area contributed by atoms with Gasteiger partial charge in [-0.25, -0.2) is 0 Å². The average Bonchev–Trinajstić information content (AvgIpc) is 3.30. The van der Waals surface area contributed by atoms with Crippen LogP contribution in [0.5, 0.6) is 0 Å². The number of carbonyl (C=O) groups is 1. The number of anilines is 1. The van der Waals surface area contributed by atoms with Gasteiger partial charge in [0.25, 0.3) is 5.91 Å². The largest absolute Gasteiger partial charge is 0.459 e. The molecule has 0 spiro atoms. The lowest BCUT2D eigenvalue weighted by Crippen LogP contribution is -2.44. The first-order valence-corrected chi connectivity index (χ1v) is 8.69. The molecular formula is C18H22N4O3. The predicted molar refractivity (Wildman–Crippen MR) is 91.4 cm³/mol. The molecule has 1 amide bonds. The molecule has 3 atom stereocenters. The van der Waals surface area contributed by atoms with Crippen LogP contribution in [0.15, 0.2) is 34.9 Å². The molecule has 25 heavy (non-hydrogen) atoms. The van der Waals surface area contributed by atoms with Gasteiger partial charge in [-0.1, -0.05) is 0 Å². The zero-order valence-electron chi connectivity index (χ0n) is 14.2. The van der Waals surface area contributed by atoms with Crippen molar-refractivity contribution in [2.75, 3.05) is 31.1 Å². The fraction of sp³-hybridized carbons (Fsp3) is 0.500. The summed E-state index contributed by atoms with van der Waals surface area (Å²) < 4.78 is 11.1. The van der Waals surface area contributed by atoms with Gasteiger partial charge in [0.2, 0.25) is 0 Å². The summed E-state index contributed by atoms with van der Waals surface area (Å²) in [5, 5.41) is 11.4. The Morgan fingerprint density at radius 3 is 3.04 bits per heavy atom. The van der Waals surface area contributed by atoms with Crippen molar-refractivity contribution >= 4 is 11.7 Å². The van der Waals surface area contributed by atoms with Gasteiger partial charge in [0.15, 0.2) is 11.6 Å². The first-order chi connectivity index (χ1) is 12.2. The summed E-state index contributed by atoms with van der Waals surface area (Å²) in [5.41, 5.74) is 0.926. The molecule has 2 aliphatic rings. The summed E-state index contributed by atoms with van der Waals surface area (Å²) in [6.45, 7) is 5.04. The van der Waals surface area contributed by atoms with Gasteiger partial charge in [0.05, 0.1) is 24.7 Å². The molecule has 2 saturated heterocycles. The minimum absolute atomic E-state index is 0.0650. The van der Waals surface area contributed by atoms with E-state index in [1.54, 1.807) is 12.1 Å². The molecule has 132 valence electrons. The van der Waals surface area contributed by atoms with Gasteiger partial charge in [-0.15, -0.1) is 5.10 Å². The van der Waals surface area contributed by atoms with E-state index in [4.69, 9.17) is 9.15 Å². The van der Waals surface area contributed by atoms with Gasteiger partial charge in [0, 0.05) is 25.6 Å². The zero-order chi connectivity index (χ0) is 17.2. The molecule has 0 saturated carbocycles. The molecule has 0 aromatic carbocycles. The Morgan fingerprint density at radius 1 is 1.36 bits per heavy atom. The Hall–Kier alpha value is -2.41. The van der Waals surface area contributed by atoms with Gasteiger partial charge >= 0.3 is 0 Å². The number of carbonyl (C=O) groups excluding carboxylic acids is 1. The first kappa shape index (κ1) is 16.1. The van der Waals surface area contributed by atoms with Crippen LogP contribution < -0.4 is 10.2 Å². The second-order valence-corrected chi connectivity index (χ2v) is 6.75. The number of furan rings is 1. The van der Waals surface area contributed by atoms with E-state index in [-0.39, 0.29) is 12.0 Å². The summed E-state index contributed by atoms with van der Waals surface area (Å²) in [5.74, 6) is 2.00. The third kappa shape index (κ3) is 3.37. The summed E-state index contributed by atoms with van der Waals surface area (Å²) in [6.07, 6.45) is 2.59. The van der Waals surface area contributed by atoms with Crippen LogP contribution in [-0.4, -0.2) is 48.4 Å². The highest BCUT2D eigenvalue weighted by molar-refractivity contribution is 5.91. The molecule has 4 rings (SSSR count). The van der Waals surface area contributed by atoms with Crippen molar-refractivity contribution in [3.05, 3.63) is 42.0 Å². The van der Waals surface area contributed by atoms with Crippen molar-refractivity contribution in [1.29, 1.82) is 0 Å². The van der Waals surface area contributed by atoms with Gasteiger partial charge in [-0.3, -0.25) is 4.79 Å². The summed E-state index contributed by atoms with van der Waals surface area (Å²) in [6, 6.07) is 7.39. The number of amides is 1. The molecule has 2 aromatic rings.